The summed E-state index contributed by atoms with van der Waals surface area (Å²) >= 11 is 0. The van der Waals surface area contributed by atoms with Gasteiger partial charge >= 0.3 is 6.03 Å². The van der Waals surface area contributed by atoms with Crippen molar-refractivity contribution >= 4 is 6.03 Å². The Hall–Kier alpha value is -1.55. The molecule has 3 rings (SSSR count). The van der Waals surface area contributed by atoms with Crippen molar-refractivity contribution in [3.8, 4) is 0 Å². The third kappa shape index (κ3) is 3.43. The number of carbonyl (C=O) groups excluding carboxylic acids is 1. The van der Waals surface area contributed by atoms with Gasteiger partial charge in [0, 0.05) is 32.2 Å². The number of aliphatic hydroxyl groups excluding tert-OH is 1. The Kier molecular flexibility index (Phi) is 4.98. The third-order valence-corrected chi connectivity index (χ3v) is 5.15. The maximum absolute atomic E-state index is 12.3. The number of hydrogen-bond acceptors (Lipinski definition) is 2. The summed E-state index contributed by atoms with van der Waals surface area (Å²) in [6.45, 7) is 2.50. The number of likely N-dealkylation sites (tertiary alicyclic amines) is 1. The molecule has 2 aliphatic rings. The second-order valence-corrected chi connectivity index (χ2v) is 6.59. The molecular formula is C18H26N2O2. The van der Waals surface area contributed by atoms with Crippen LogP contribution in [0.25, 0.3) is 0 Å². The van der Waals surface area contributed by atoms with Crippen molar-refractivity contribution in [3.05, 3.63) is 35.4 Å². The fraction of sp³-hybridized carbons (Fsp3) is 0.611. The molecule has 1 aromatic carbocycles. The minimum absolute atomic E-state index is 0.0550. The number of nitrogens with zero attached hydrogens (tertiary/aromatic N) is 1. The van der Waals surface area contributed by atoms with Gasteiger partial charge in [-0.2, -0.15) is 0 Å². The zero-order valence-electron chi connectivity index (χ0n) is 13.1. The molecule has 1 aliphatic heterocycles. The maximum atomic E-state index is 12.3. The van der Waals surface area contributed by atoms with E-state index in [-0.39, 0.29) is 12.6 Å². The normalized spacial score (nSPS) is 22.2. The van der Waals surface area contributed by atoms with Gasteiger partial charge in [-0.1, -0.05) is 24.3 Å². The van der Waals surface area contributed by atoms with E-state index in [1.165, 1.54) is 17.5 Å². The van der Waals surface area contributed by atoms with Crippen LogP contribution in [-0.2, 0) is 6.42 Å². The molecule has 2 N–H and O–H groups in total. The molecule has 0 bridgehead atoms. The zero-order chi connectivity index (χ0) is 15.4. The number of urea groups is 1. The Morgan fingerprint density at radius 3 is 2.77 bits per heavy atom. The predicted octanol–water partition coefficient (Wildman–Crippen LogP) is 2.52. The van der Waals surface area contributed by atoms with Gasteiger partial charge in [-0.25, -0.2) is 4.79 Å². The highest BCUT2D eigenvalue weighted by atomic mass is 16.3. The van der Waals surface area contributed by atoms with E-state index in [2.05, 4.69) is 29.6 Å². The van der Waals surface area contributed by atoms with Crippen LogP contribution in [0.15, 0.2) is 24.3 Å². The second-order valence-electron chi connectivity index (χ2n) is 6.59. The standard InChI is InChI=1S/C18H26N2O2/c21-13-14-8-10-20(11-9-14)18(22)19-12-16-6-3-5-15-4-1-2-7-17(15)16/h1-2,4,7,14,16,21H,3,5-6,8-13H2,(H,19,22). The summed E-state index contributed by atoms with van der Waals surface area (Å²) < 4.78 is 0. The monoisotopic (exact) mass is 302 g/mol. The second kappa shape index (κ2) is 7.14. The van der Waals surface area contributed by atoms with Crippen LogP contribution in [0, 0.1) is 5.92 Å². The fourth-order valence-electron chi connectivity index (χ4n) is 3.71. The average Bonchev–Trinajstić information content (AvgIpc) is 2.59. The molecule has 1 aliphatic carbocycles. The van der Waals surface area contributed by atoms with Crippen molar-refractivity contribution in [3.63, 3.8) is 0 Å². The van der Waals surface area contributed by atoms with E-state index in [0.717, 1.165) is 45.3 Å². The van der Waals surface area contributed by atoms with E-state index in [1.807, 2.05) is 4.90 Å². The van der Waals surface area contributed by atoms with Gasteiger partial charge in [-0.05, 0) is 49.1 Å². The van der Waals surface area contributed by atoms with Gasteiger partial charge < -0.3 is 15.3 Å². The van der Waals surface area contributed by atoms with Crippen LogP contribution in [-0.4, -0.2) is 42.3 Å². The number of rotatable bonds is 3. The molecule has 0 spiro atoms. The molecule has 4 nitrogen and oxygen atoms in total. The summed E-state index contributed by atoms with van der Waals surface area (Å²) in [5, 5.41) is 12.3. The van der Waals surface area contributed by atoms with Crippen molar-refractivity contribution in [2.45, 2.75) is 38.0 Å². The number of fused-ring (bicyclic) bond motifs is 1. The molecule has 4 heteroatoms. The lowest BCUT2D eigenvalue weighted by Gasteiger charge is -2.32. The molecule has 22 heavy (non-hydrogen) atoms. The molecule has 1 atom stereocenters. The van der Waals surface area contributed by atoms with Gasteiger partial charge in [0.1, 0.15) is 0 Å². The van der Waals surface area contributed by atoms with Gasteiger partial charge in [-0.15, -0.1) is 0 Å². The summed E-state index contributed by atoms with van der Waals surface area (Å²) in [6, 6.07) is 8.67. The van der Waals surface area contributed by atoms with Gasteiger partial charge in [0.05, 0.1) is 0 Å². The van der Waals surface area contributed by atoms with Crippen molar-refractivity contribution < 1.29 is 9.90 Å². The number of nitrogens with one attached hydrogen (secondary N) is 1. The molecule has 1 saturated heterocycles. The minimum Gasteiger partial charge on any atom is -0.396 e. The van der Waals surface area contributed by atoms with E-state index in [1.54, 1.807) is 0 Å². The fourth-order valence-corrected chi connectivity index (χ4v) is 3.71. The molecular weight excluding hydrogens is 276 g/mol. The van der Waals surface area contributed by atoms with Crippen molar-refractivity contribution in [1.82, 2.24) is 10.2 Å². The molecule has 1 heterocycles. The Bertz CT molecular complexity index is 510. The Labute approximate surface area is 132 Å². The molecule has 1 fully saturated rings. The van der Waals surface area contributed by atoms with Gasteiger partial charge in [0.2, 0.25) is 0 Å². The van der Waals surface area contributed by atoms with Gasteiger partial charge in [0.25, 0.3) is 0 Å². The first-order chi connectivity index (χ1) is 10.8. The molecule has 1 unspecified atom stereocenters. The topological polar surface area (TPSA) is 52.6 Å². The molecule has 1 aromatic rings. The highest BCUT2D eigenvalue weighted by molar-refractivity contribution is 5.74. The average molecular weight is 302 g/mol. The summed E-state index contributed by atoms with van der Waals surface area (Å²) in [5.74, 6) is 0.818. The van der Waals surface area contributed by atoms with Crippen molar-refractivity contribution in [2.24, 2.45) is 5.92 Å². The van der Waals surface area contributed by atoms with Crippen molar-refractivity contribution in [1.29, 1.82) is 0 Å². The first kappa shape index (κ1) is 15.3. The predicted molar refractivity (Wildman–Crippen MR) is 86.9 cm³/mol. The zero-order valence-corrected chi connectivity index (χ0v) is 13.1. The molecule has 2 amide bonds. The summed E-state index contributed by atoms with van der Waals surface area (Å²) in [5.41, 5.74) is 2.85. The number of amides is 2. The van der Waals surface area contributed by atoms with Crippen LogP contribution in [0.2, 0.25) is 0 Å². The first-order valence-corrected chi connectivity index (χ1v) is 8.49. The number of carbonyl (C=O) groups is 1. The first-order valence-electron chi connectivity index (χ1n) is 8.49. The smallest absolute Gasteiger partial charge is 0.317 e. The molecule has 0 aromatic heterocycles. The lowest BCUT2D eigenvalue weighted by molar-refractivity contribution is 0.137. The highest BCUT2D eigenvalue weighted by Crippen LogP contribution is 2.30. The Morgan fingerprint density at radius 2 is 2.00 bits per heavy atom. The van der Waals surface area contributed by atoms with Crippen molar-refractivity contribution in [2.75, 3.05) is 26.2 Å². The van der Waals surface area contributed by atoms with Crippen LogP contribution in [0.1, 0.15) is 42.7 Å². The van der Waals surface area contributed by atoms with Crippen LogP contribution < -0.4 is 5.32 Å². The van der Waals surface area contributed by atoms with Crippen LogP contribution in [0.4, 0.5) is 4.79 Å². The lowest BCUT2D eigenvalue weighted by atomic mass is 9.83. The molecule has 0 saturated carbocycles. The van der Waals surface area contributed by atoms with E-state index in [9.17, 15) is 4.79 Å². The van der Waals surface area contributed by atoms with E-state index < -0.39 is 0 Å². The highest BCUT2D eigenvalue weighted by Gasteiger charge is 2.24. The largest absolute Gasteiger partial charge is 0.396 e. The molecule has 0 radical (unpaired) electrons. The SMILES string of the molecule is O=C(NCC1CCCc2ccccc21)N1CCC(CO)CC1. The summed E-state index contributed by atoms with van der Waals surface area (Å²) in [4.78, 5) is 14.2. The number of aryl methyl sites for hydroxylation is 1. The summed E-state index contributed by atoms with van der Waals surface area (Å²) in [7, 11) is 0. The van der Waals surface area contributed by atoms with Crippen LogP contribution >= 0.6 is 0 Å². The number of benzene rings is 1. The van der Waals surface area contributed by atoms with E-state index in [0.29, 0.717) is 11.8 Å². The maximum Gasteiger partial charge on any atom is 0.317 e. The van der Waals surface area contributed by atoms with Crippen LogP contribution in [0.3, 0.4) is 0 Å². The quantitative estimate of drug-likeness (QED) is 0.901. The summed E-state index contributed by atoms with van der Waals surface area (Å²) in [6.07, 6.45) is 5.35. The molecule has 120 valence electrons. The third-order valence-electron chi connectivity index (χ3n) is 5.15. The number of hydrogen-bond donors (Lipinski definition) is 2. The van der Waals surface area contributed by atoms with Gasteiger partial charge in [0.15, 0.2) is 0 Å². The number of aliphatic hydroxyl groups is 1. The number of piperidine rings is 1. The van der Waals surface area contributed by atoms with E-state index >= 15 is 0 Å². The van der Waals surface area contributed by atoms with Crippen LogP contribution in [0.5, 0.6) is 0 Å². The Balaban J connectivity index is 1.52. The van der Waals surface area contributed by atoms with E-state index in [4.69, 9.17) is 5.11 Å². The lowest BCUT2D eigenvalue weighted by Crippen LogP contribution is -2.46. The van der Waals surface area contributed by atoms with Gasteiger partial charge in [-0.3, -0.25) is 0 Å². The Morgan fingerprint density at radius 1 is 1.23 bits per heavy atom. The minimum atomic E-state index is 0.0550.